The molecule has 0 amide bonds. The Kier molecular flexibility index (Phi) is 3.65. The molecule has 1 atom stereocenters. The van der Waals surface area contributed by atoms with Crippen LogP contribution in [0.5, 0.6) is 5.75 Å². The highest BCUT2D eigenvalue weighted by atomic mass is 16.3. The highest BCUT2D eigenvalue weighted by Crippen LogP contribution is 2.27. The summed E-state index contributed by atoms with van der Waals surface area (Å²) in [5, 5.41) is 20.5. The van der Waals surface area contributed by atoms with E-state index in [-0.39, 0.29) is 23.3 Å². The molecule has 112 valence electrons. The van der Waals surface area contributed by atoms with Gasteiger partial charge >= 0.3 is 0 Å². The Bertz CT molecular complexity index is 870. The van der Waals surface area contributed by atoms with Crippen molar-refractivity contribution in [1.29, 1.82) is 0 Å². The maximum absolute atomic E-state index is 12.8. The van der Waals surface area contributed by atoms with Crippen molar-refractivity contribution >= 4 is 11.0 Å². The van der Waals surface area contributed by atoms with Gasteiger partial charge in [-0.2, -0.15) is 0 Å². The van der Waals surface area contributed by atoms with Crippen LogP contribution in [-0.2, 0) is 6.42 Å². The molecule has 0 spiro atoms. The summed E-state index contributed by atoms with van der Waals surface area (Å²) in [6.45, 7) is 1.58. The molecule has 1 unspecified atom stereocenters. The molecule has 0 saturated carbocycles. The van der Waals surface area contributed by atoms with Crippen molar-refractivity contribution in [2.75, 3.05) is 0 Å². The number of fused-ring (bicyclic) bond motifs is 1. The van der Waals surface area contributed by atoms with E-state index in [1.54, 1.807) is 37.4 Å². The monoisotopic (exact) mass is 296 g/mol. The first-order chi connectivity index (χ1) is 10.6. The second-order valence-electron chi connectivity index (χ2n) is 5.23. The molecule has 0 bridgehead atoms. The van der Waals surface area contributed by atoms with E-state index < -0.39 is 6.10 Å². The van der Waals surface area contributed by atoms with Gasteiger partial charge in [0.25, 0.3) is 5.56 Å². The molecule has 2 heterocycles. The van der Waals surface area contributed by atoms with Crippen LogP contribution in [-0.4, -0.2) is 25.9 Å². The number of rotatable bonds is 3. The van der Waals surface area contributed by atoms with Gasteiger partial charge in [-0.05, 0) is 31.2 Å². The molecule has 0 aliphatic rings. The third-order valence-corrected chi connectivity index (χ3v) is 3.51. The lowest BCUT2D eigenvalue weighted by Crippen LogP contribution is -2.25. The second-order valence-corrected chi connectivity index (χ2v) is 5.23. The maximum Gasteiger partial charge on any atom is 0.263 e. The van der Waals surface area contributed by atoms with Gasteiger partial charge in [-0.1, -0.05) is 18.2 Å². The van der Waals surface area contributed by atoms with Gasteiger partial charge in [0.2, 0.25) is 0 Å². The zero-order chi connectivity index (χ0) is 15.7. The van der Waals surface area contributed by atoms with Crippen LogP contribution in [0.4, 0.5) is 0 Å². The molecule has 0 radical (unpaired) electrons. The molecule has 5 nitrogen and oxygen atoms in total. The van der Waals surface area contributed by atoms with Crippen molar-refractivity contribution in [1.82, 2.24) is 9.55 Å². The van der Waals surface area contributed by atoms with E-state index in [0.717, 1.165) is 0 Å². The molecule has 0 saturated heterocycles. The van der Waals surface area contributed by atoms with Gasteiger partial charge in [0.15, 0.2) is 5.65 Å². The second kappa shape index (κ2) is 5.61. The predicted octanol–water partition coefficient (Wildman–Crippen LogP) is 2.01. The number of aliphatic hydroxyl groups excluding tert-OH is 1. The minimum atomic E-state index is -0.725. The van der Waals surface area contributed by atoms with Crippen LogP contribution >= 0.6 is 0 Å². The number of aliphatic hydroxyl groups is 1. The molecule has 1 aromatic carbocycles. The summed E-state index contributed by atoms with van der Waals surface area (Å²) < 4.78 is 1.47. The van der Waals surface area contributed by atoms with E-state index in [1.165, 1.54) is 4.57 Å². The average molecular weight is 296 g/mol. The molecule has 0 fully saturated rings. The maximum atomic E-state index is 12.8. The van der Waals surface area contributed by atoms with Crippen LogP contribution in [0.2, 0.25) is 0 Å². The molecular formula is C17H16N2O3. The normalized spacial score (nSPS) is 12.5. The smallest absolute Gasteiger partial charge is 0.263 e. The number of para-hydroxylation sites is 1. The summed E-state index contributed by atoms with van der Waals surface area (Å²) in [5.41, 5.74) is 0.892. The van der Waals surface area contributed by atoms with E-state index in [2.05, 4.69) is 4.98 Å². The molecule has 22 heavy (non-hydrogen) atoms. The third kappa shape index (κ3) is 2.35. The lowest BCUT2D eigenvalue weighted by atomic mass is 10.1. The Balaban J connectivity index is 2.42. The first kappa shape index (κ1) is 14.3. The predicted molar refractivity (Wildman–Crippen MR) is 84.4 cm³/mol. The zero-order valence-electron chi connectivity index (χ0n) is 12.1. The lowest BCUT2D eigenvalue weighted by Gasteiger charge is -2.15. The number of aromatic nitrogens is 2. The van der Waals surface area contributed by atoms with E-state index in [1.807, 2.05) is 18.2 Å². The van der Waals surface area contributed by atoms with Gasteiger partial charge in [0, 0.05) is 12.6 Å². The van der Waals surface area contributed by atoms with Gasteiger partial charge in [-0.15, -0.1) is 0 Å². The SMILES string of the molecule is CC(O)Cc1c(O)c2cccnc2n(-c2ccccc2)c1=O. The average Bonchev–Trinajstić information content (AvgIpc) is 2.52. The lowest BCUT2D eigenvalue weighted by molar-refractivity contribution is 0.194. The number of benzene rings is 1. The van der Waals surface area contributed by atoms with Crippen molar-refractivity contribution < 1.29 is 10.2 Å². The van der Waals surface area contributed by atoms with Crippen LogP contribution in [0.1, 0.15) is 12.5 Å². The van der Waals surface area contributed by atoms with E-state index in [4.69, 9.17) is 0 Å². The first-order valence-corrected chi connectivity index (χ1v) is 7.04. The largest absolute Gasteiger partial charge is 0.507 e. The van der Waals surface area contributed by atoms with Crippen molar-refractivity contribution in [2.45, 2.75) is 19.4 Å². The fourth-order valence-electron chi connectivity index (χ4n) is 2.55. The van der Waals surface area contributed by atoms with Gasteiger partial charge in [0.05, 0.1) is 22.7 Å². The molecule has 2 aromatic heterocycles. The summed E-state index contributed by atoms with van der Waals surface area (Å²) in [4.78, 5) is 17.0. The molecule has 0 aliphatic carbocycles. The Morgan fingerprint density at radius 1 is 1.18 bits per heavy atom. The van der Waals surface area contributed by atoms with Crippen molar-refractivity contribution in [2.24, 2.45) is 0 Å². The van der Waals surface area contributed by atoms with Gasteiger partial charge < -0.3 is 10.2 Å². The highest BCUT2D eigenvalue weighted by Gasteiger charge is 2.19. The molecule has 3 rings (SSSR count). The molecule has 3 aromatic rings. The minimum Gasteiger partial charge on any atom is -0.507 e. The van der Waals surface area contributed by atoms with Crippen molar-refractivity contribution in [3.63, 3.8) is 0 Å². The number of aromatic hydroxyl groups is 1. The summed E-state index contributed by atoms with van der Waals surface area (Å²) in [7, 11) is 0. The fourth-order valence-corrected chi connectivity index (χ4v) is 2.55. The van der Waals surface area contributed by atoms with Crippen LogP contribution in [0.15, 0.2) is 53.5 Å². The number of nitrogens with zero attached hydrogens (tertiary/aromatic N) is 2. The van der Waals surface area contributed by atoms with Gasteiger partial charge in [-0.25, -0.2) is 4.98 Å². The van der Waals surface area contributed by atoms with Crippen molar-refractivity contribution in [3.8, 4) is 11.4 Å². The van der Waals surface area contributed by atoms with E-state index in [9.17, 15) is 15.0 Å². The summed E-state index contributed by atoms with van der Waals surface area (Å²) in [6.07, 6.45) is 0.939. The molecular weight excluding hydrogens is 280 g/mol. The third-order valence-electron chi connectivity index (χ3n) is 3.51. The minimum absolute atomic E-state index is 0.0856. The number of pyridine rings is 2. The summed E-state index contributed by atoms with van der Waals surface area (Å²) >= 11 is 0. The zero-order valence-corrected chi connectivity index (χ0v) is 12.1. The van der Waals surface area contributed by atoms with Crippen LogP contribution in [0, 0.1) is 0 Å². The number of hydrogen-bond acceptors (Lipinski definition) is 4. The molecule has 0 aliphatic heterocycles. The Labute approximate surface area is 127 Å². The molecule has 2 N–H and O–H groups in total. The van der Waals surface area contributed by atoms with Crippen LogP contribution in [0.3, 0.4) is 0 Å². The Morgan fingerprint density at radius 3 is 2.59 bits per heavy atom. The topological polar surface area (TPSA) is 75.3 Å². The van der Waals surface area contributed by atoms with Crippen molar-refractivity contribution in [3.05, 3.63) is 64.6 Å². The quantitative estimate of drug-likeness (QED) is 0.775. The standard InChI is InChI=1S/C17H16N2O3/c1-11(20)10-14-15(21)13-8-5-9-18-16(13)19(17(14)22)12-6-3-2-4-7-12/h2-9,11,20-21H,10H2,1H3. The Hall–Kier alpha value is -2.66. The first-order valence-electron chi connectivity index (χ1n) is 7.04. The van der Waals surface area contributed by atoms with Crippen LogP contribution < -0.4 is 5.56 Å². The summed E-state index contributed by atoms with van der Waals surface area (Å²) in [5.74, 6) is -0.110. The highest BCUT2D eigenvalue weighted by molar-refractivity contribution is 5.84. The Morgan fingerprint density at radius 2 is 1.91 bits per heavy atom. The molecule has 5 heteroatoms. The fraction of sp³-hybridized carbons (Fsp3) is 0.176. The van der Waals surface area contributed by atoms with Gasteiger partial charge in [-0.3, -0.25) is 9.36 Å². The van der Waals surface area contributed by atoms with Crippen LogP contribution in [0.25, 0.3) is 16.7 Å². The summed E-state index contributed by atoms with van der Waals surface area (Å²) in [6, 6.07) is 12.5. The van der Waals surface area contributed by atoms with Gasteiger partial charge in [0.1, 0.15) is 5.75 Å². The van der Waals surface area contributed by atoms with E-state index >= 15 is 0 Å². The number of hydrogen-bond donors (Lipinski definition) is 2. The van der Waals surface area contributed by atoms with E-state index in [0.29, 0.717) is 16.7 Å².